The second kappa shape index (κ2) is 5.85. The highest BCUT2D eigenvalue weighted by molar-refractivity contribution is 6.30. The summed E-state index contributed by atoms with van der Waals surface area (Å²) in [7, 11) is 0. The first-order chi connectivity index (χ1) is 8.69. The minimum Gasteiger partial charge on any atom is -0.489 e. The molecule has 0 radical (unpaired) electrons. The molecule has 0 amide bonds. The topological polar surface area (TPSA) is 35.2 Å². The van der Waals surface area contributed by atoms with E-state index in [0.29, 0.717) is 18.9 Å². The van der Waals surface area contributed by atoms with Crippen molar-refractivity contribution in [2.24, 2.45) is 5.73 Å². The van der Waals surface area contributed by atoms with Crippen LogP contribution >= 0.6 is 11.6 Å². The Morgan fingerprint density at radius 3 is 2.33 bits per heavy atom. The van der Waals surface area contributed by atoms with Crippen molar-refractivity contribution in [3.05, 3.63) is 64.4 Å². The van der Waals surface area contributed by atoms with Crippen LogP contribution in [0.2, 0.25) is 5.02 Å². The van der Waals surface area contributed by atoms with Crippen LogP contribution in [-0.2, 0) is 13.2 Å². The lowest BCUT2D eigenvalue weighted by Crippen LogP contribution is -1.98. The molecule has 2 aromatic carbocycles. The molecule has 0 heterocycles. The average molecular weight is 266 g/mol. The Kier molecular flexibility index (Phi) is 4.18. The summed E-state index contributed by atoms with van der Waals surface area (Å²) in [5.41, 5.74) is 7.61. The van der Waals surface area contributed by atoms with Crippen molar-refractivity contribution in [3.8, 4) is 5.75 Å². The van der Waals surface area contributed by atoms with Gasteiger partial charge in [-0.2, -0.15) is 0 Å². The van der Waals surface area contributed by atoms with Gasteiger partial charge in [-0.05, 0) is 23.3 Å². The Morgan fingerprint density at radius 2 is 1.72 bits per heavy atom. The first-order valence-electron chi connectivity index (χ1n) is 5.55. The quantitative estimate of drug-likeness (QED) is 0.918. The SMILES string of the molecule is NCc1ccc(COc2ccc(F)c(Cl)c2)cc1. The molecule has 2 rings (SSSR count). The summed E-state index contributed by atoms with van der Waals surface area (Å²) in [5, 5.41) is 0.0611. The first kappa shape index (κ1) is 12.9. The van der Waals surface area contributed by atoms with Crippen molar-refractivity contribution in [2.75, 3.05) is 0 Å². The minimum atomic E-state index is -0.448. The van der Waals surface area contributed by atoms with Gasteiger partial charge in [-0.15, -0.1) is 0 Å². The fourth-order valence-electron chi connectivity index (χ4n) is 1.50. The maximum Gasteiger partial charge on any atom is 0.142 e. The maximum atomic E-state index is 12.9. The molecule has 0 saturated heterocycles. The fraction of sp³-hybridized carbons (Fsp3) is 0.143. The summed E-state index contributed by atoms with van der Waals surface area (Å²) in [5.74, 6) is 0.0978. The molecular formula is C14H13ClFNO. The lowest BCUT2D eigenvalue weighted by atomic mass is 10.1. The van der Waals surface area contributed by atoms with Gasteiger partial charge in [-0.25, -0.2) is 4.39 Å². The third kappa shape index (κ3) is 3.22. The molecule has 0 aliphatic heterocycles. The van der Waals surface area contributed by atoms with Crippen LogP contribution in [0.3, 0.4) is 0 Å². The zero-order valence-electron chi connectivity index (χ0n) is 9.70. The summed E-state index contributed by atoms with van der Waals surface area (Å²) in [6.07, 6.45) is 0. The molecule has 0 aliphatic rings. The van der Waals surface area contributed by atoms with Crippen LogP contribution < -0.4 is 10.5 Å². The Balaban J connectivity index is 1.99. The smallest absolute Gasteiger partial charge is 0.142 e. The zero-order chi connectivity index (χ0) is 13.0. The lowest BCUT2D eigenvalue weighted by Gasteiger charge is -2.07. The average Bonchev–Trinajstić information content (AvgIpc) is 2.41. The number of ether oxygens (including phenoxy) is 1. The molecule has 2 nitrogen and oxygen atoms in total. The molecule has 2 aromatic rings. The van der Waals surface area contributed by atoms with Gasteiger partial charge in [0.2, 0.25) is 0 Å². The molecular weight excluding hydrogens is 253 g/mol. The molecule has 0 saturated carbocycles. The van der Waals surface area contributed by atoms with Gasteiger partial charge in [-0.3, -0.25) is 0 Å². The number of halogens is 2. The fourth-order valence-corrected chi connectivity index (χ4v) is 1.68. The third-order valence-electron chi connectivity index (χ3n) is 2.56. The van der Waals surface area contributed by atoms with Crippen molar-refractivity contribution < 1.29 is 9.13 Å². The van der Waals surface area contributed by atoms with E-state index in [4.69, 9.17) is 22.1 Å². The summed E-state index contributed by atoms with van der Waals surface area (Å²) in [4.78, 5) is 0. The molecule has 0 atom stereocenters. The van der Waals surface area contributed by atoms with Gasteiger partial charge in [0.1, 0.15) is 18.2 Å². The molecule has 0 unspecified atom stereocenters. The van der Waals surface area contributed by atoms with Crippen molar-refractivity contribution in [1.82, 2.24) is 0 Å². The Bertz CT molecular complexity index is 528. The largest absolute Gasteiger partial charge is 0.489 e. The molecule has 2 N–H and O–H groups in total. The number of nitrogens with two attached hydrogens (primary N) is 1. The highest BCUT2D eigenvalue weighted by atomic mass is 35.5. The van der Waals surface area contributed by atoms with Gasteiger partial charge in [0.15, 0.2) is 0 Å². The number of benzene rings is 2. The molecule has 0 aliphatic carbocycles. The second-order valence-corrected chi connectivity index (χ2v) is 4.29. The molecule has 0 fully saturated rings. The van der Waals surface area contributed by atoms with Gasteiger partial charge >= 0.3 is 0 Å². The van der Waals surface area contributed by atoms with E-state index >= 15 is 0 Å². The van der Waals surface area contributed by atoms with Gasteiger partial charge in [0.25, 0.3) is 0 Å². The van der Waals surface area contributed by atoms with Crippen LogP contribution in [0, 0.1) is 5.82 Å². The maximum absolute atomic E-state index is 12.9. The van der Waals surface area contributed by atoms with Gasteiger partial charge in [0.05, 0.1) is 5.02 Å². The molecule has 0 aromatic heterocycles. The van der Waals surface area contributed by atoms with Crippen molar-refractivity contribution >= 4 is 11.6 Å². The van der Waals surface area contributed by atoms with E-state index < -0.39 is 5.82 Å². The van der Waals surface area contributed by atoms with Gasteiger partial charge < -0.3 is 10.5 Å². The van der Waals surface area contributed by atoms with Crippen LogP contribution in [0.1, 0.15) is 11.1 Å². The Morgan fingerprint density at radius 1 is 1.06 bits per heavy atom. The molecule has 0 spiro atoms. The summed E-state index contributed by atoms with van der Waals surface area (Å²) >= 11 is 5.67. The van der Waals surface area contributed by atoms with Crippen molar-refractivity contribution in [2.45, 2.75) is 13.2 Å². The van der Waals surface area contributed by atoms with E-state index in [1.54, 1.807) is 6.07 Å². The zero-order valence-corrected chi connectivity index (χ0v) is 10.5. The number of hydrogen-bond donors (Lipinski definition) is 1. The monoisotopic (exact) mass is 265 g/mol. The third-order valence-corrected chi connectivity index (χ3v) is 2.84. The molecule has 94 valence electrons. The van der Waals surface area contributed by atoms with Crippen LogP contribution in [0.5, 0.6) is 5.75 Å². The second-order valence-electron chi connectivity index (χ2n) is 3.89. The predicted octanol–water partition coefficient (Wildman–Crippen LogP) is 3.52. The standard InChI is InChI=1S/C14H13ClFNO/c15-13-7-12(5-6-14(13)16)18-9-11-3-1-10(8-17)2-4-11/h1-7H,8-9,17H2. The van der Waals surface area contributed by atoms with Gasteiger partial charge in [0, 0.05) is 12.6 Å². The normalized spacial score (nSPS) is 10.4. The first-order valence-corrected chi connectivity index (χ1v) is 5.92. The Hall–Kier alpha value is -1.58. The van der Waals surface area contributed by atoms with Crippen LogP contribution in [0.25, 0.3) is 0 Å². The van der Waals surface area contributed by atoms with Crippen LogP contribution in [0.4, 0.5) is 4.39 Å². The summed E-state index contributed by atoms with van der Waals surface area (Å²) in [6, 6.07) is 12.1. The Labute approximate surface area is 110 Å². The minimum absolute atomic E-state index is 0.0611. The number of hydrogen-bond acceptors (Lipinski definition) is 2. The molecule has 4 heteroatoms. The van der Waals surface area contributed by atoms with Crippen LogP contribution in [-0.4, -0.2) is 0 Å². The van der Waals surface area contributed by atoms with Crippen molar-refractivity contribution in [3.63, 3.8) is 0 Å². The van der Waals surface area contributed by atoms with Crippen LogP contribution in [0.15, 0.2) is 42.5 Å². The van der Waals surface area contributed by atoms with E-state index in [0.717, 1.165) is 11.1 Å². The van der Waals surface area contributed by atoms with E-state index in [9.17, 15) is 4.39 Å². The van der Waals surface area contributed by atoms with E-state index in [1.807, 2.05) is 24.3 Å². The highest BCUT2D eigenvalue weighted by Crippen LogP contribution is 2.21. The van der Waals surface area contributed by atoms with Gasteiger partial charge in [-0.1, -0.05) is 35.9 Å². The highest BCUT2D eigenvalue weighted by Gasteiger charge is 2.02. The number of rotatable bonds is 4. The van der Waals surface area contributed by atoms with E-state index in [2.05, 4.69) is 0 Å². The van der Waals surface area contributed by atoms with E-state index in [1.165, 1.54) is 12.1 Å². The summed E-state index contributed by atoms with van der Waals surface area (Å²) in [6.45, 7) is 0.932. The molecule has 0 bridgehead atoms. The molecule has 18 heavy (non-hydrogen) atoms. The predicted molar refractivity (Wildman–Crippen MR) is 70.1 cm³/mol. The van der Waals surface area contributed by atoms with E-state index in [-0.39, 0.29) is 5.02 Å². The summed E-state index contributed by atoms with van der Waals surface area (Å²) < 4.78 is 18.5. The van der Waals surface area contributed by atoms with Crippen molar-refractivity contribution in [1.29, 1.82) is 0 Å². The lowest BCUT2D eigenvalue weighted by molar-refractivity contribution is 0.306.